The number of aromatic nitrogens is 1. The SMILES string of the molecule is CCC1CN(Cc2cscn2)CCC1N. The molecule has 84 valence electrons. The average Bonchev–Trinajstić information content (AvgIpc) is 2.73. The van der Waals surface area contributed by atoms with Crippen LogP contribution < -0.4 is 5.73 Å². The minimum Gasteiger partial charge on any atom is -0.327 e. The lowest BCUT2D eigenvalue weighted by molar-refractivity contribution is 0.144. The van der Waals surface area contributed by atoms with Crippen molar-refractivity contribution >= 4 is 11.3 Å². The Morgan fingerprint density at radius 1 is 1.67 bits per heavy atom. The molecular weight excluding hydrogens is 206 g/mol. The first kappa shape index (κ1) is 11.0. The van der Waals surface area contributed by atoms with Gasteiger partial charge in [-0.2, -0.15) is 0 Å². The van der Waals surface area contributed by atoms with Crippen LogP contribution in [0.1, 0.15) is 25.5 Å². The summed E-state index contributed by atoms with van der Waals surface area (Å²) in [5.41, 5.74) is 9.19. The van der Waals surface area contributed by atoms with Crippen molar-refractivity contribution in [2.75, 3.05) is 13.1 Å². The summed E-state index contributed by atoms with van der Waals surface area (Å²) in [6, 6.07) is 0.404. The number of nitrogens with zero attached hydrogens (tertiary/aromatic N) is 2. The third-order valence-electron chi connectivity index (χ3n) is 3.27. The first-order valence-corrected chi connectivity index (χ1v) is 6.59. The molecule has 0 bridgehead atoms. The van der Waals surface area contributed by atoms with E-state index in [9.17, 15) is 0 Å². The standard InChI is InChI=1S/C11H19N3S/c1-2-9-5-14(4-3-11(9)12)6-10-7-15-8-13-10/h7-9,11H,2-6,12H2,1H3. The lowest BCUT2D eigenvalue weighted by atomic mass is 9.91. The van der Waals surface area contributed by atoms with Crippen molar-refractivity contribution in [3.63, 3.8) is 0 Å². The molecule has 0 amide bonds. The van der Waals surface area contributed by atoms with Crippen LogP contribution in [-0.4, -0.2) is 29.0 Å². The molecule has 1 aromatic rings. The van der Waals surface area contributed by atoms with Gasteiger partial charge < -0.3 is 5.73 Å². The molecular formula is C11H19N3S. The van der Waals surface area contributed by atoms with Gasteiger partial charge in [-0.1, -0.05) is 13.3 Å². The maximum atomic E-state index is 6.08. The van der Waals surface area contributed by atoms with Gasteiger partial charge in [0, 0.05) is 31.1 Å². The quantitative estimate of drug-likeness (QED) is 0.851. The van der Waals surface area contributed by atoms with Gasteiger partial charge in [0.05, 0.1) is 11.2 Å². The Hall–Kier alpha value is -0.450. The van der Waals surface area contributed by atoms with Crippen LogP contribution in [0.15, 0.2) is 10.9 Å². The molecule has 2 atom stereocenters. The predicted octanol–water partition coefficient (Wildman–Crippen LogP) is 1.70. The highest BCUT2D eigenvalue weighted by atomic mass is 32.1. The summed E-state index contributed by atoms with van der Waals surface area (Å²) < 4.78 is 0. The summed E-state index contributed by atoms with van der Waals surface area (Å²) in [5.74, 6) is 0.664. The van der Waals surface area contributed by atoms with Crippen LogP contribution in [0.3, 0.4) is 0 Å². The highest BCUT2D eigenvalue weighted by Crippen LogP contribution is 2.20. The minimum atomic E-state index is 0.404. The summed E-state index contributed by atoms with van der Waals surface area (Å²) in [6.07, 6.45) is 2.32. The first-order chi connectivity index (χ1) is 7.29. The van der Waals surface area contributed by atoms with E-state index >= 15 is 0 Å². The molecule has 3 nitrogen and oxygen atoms in total. The predicted molar refractivity (Wildman–Crippen MR) is 63.8 cm³/mol. The first-order valence-electron chi connectivity index (χ1n) is 5.64. The van der Waals surface area contributed by atoms with E-state index in [0.29, 0.717) is 12.0 Å². The molecule has 0 radical (unpaired) electrons. The summed E-state index contributed by atoms with van der Waals surface area (Å²) in [4.78, 5) is 6.80. The van der Waals surface area contributed by atoms with E-state index in [2.05, 4.69) is 22.2 Å². The van der Waals surface area contributed by atoms with Crippen molar-refractivity contribution in [1.29, 1.82) is 0 Å². The lowest BCUT2D eigenvalue weighted by Gasteiger charge is -2.36. The number of nitrogens with two attached hydrogens (primary N) is 1. The number of thiazole rings is 1. The second kappa shape index (κ2) is 5.05. The Balaban J connectivity index is 1.89. The Labute approximate surface area is 95.3 Å². The zero-order valence-corrected chi connectivity index (χ0v) is 10.0. The fourth-order valence-corrected chi connectivity index (χ4v) is 2.80. The van der Waals surface area contributed by atoms with E-state index in [1.165, 1.54) is 12.1 Å². The van der Waals surface area contributed by atoms with E-state index < -0.39 is 0 Å². The van der Waals surface area contributed by atoms with Crippen LogP contribution >= 0.6 is 11.3 Å². The molecule has 2 rings (SSSR count). The third-order valence-corrected chi connectivity index (χ3v) is 3.91. The van der Waals surface area contributed by atoms with Gasteiger partial charge in [0.1, 0.15) is 0 Å². The molecule has 0 aliphatic carbocycles. The van der Waals surface area contributed by atoms with E-state index in [0.717, 1.165) is 26.1 Å². The maximum absolute atomic E-state index is 6.08. The molecule has 4 heteroatoms. The lowest BCUT2D eigenvalue weighted by Crippen LogP contribution is -2.46. The van der Waals surface area contributed by atoms with Crippen LogP contribution in [0, 0.1) is 5.92 Å². The fraction of sp³-hybridized carbons (Fsp3) is 0.727. The summed E-state index contributed by atoms with van der Waals surface area (Å²) in [7, 11) is 0. The molecule has 0 aromatic carbocycles. The van der Waals surface area contributed by atoms with Crippen LogP contribution in [0.25, 0.3) is 0 Å². The van der Waals surface area contributed by atoms with Crippen molar-refractivity contribution in [2.45, 2.75) is 32.4 Å². The van der Waals surface area contributed by atoms with Crippen molar-refractivity contribution in [1.82, 2.24) is 9.88 Å². The summed E-state index contributed by atoms with van der Waals surface area (Å²) in [6.45, 7) is 5.48. The normalized spacial score (nSPS) is 28.1. The molecule has 1 aromatic heterocycles. The summed E-state index contributed by atoms with van der Waals surface area (Å²) in [5, 5.41) is 2.13. The van der Waals surface area contributed by atoms with E-state index in [1.54, 1.807) is 11.3 Å². The van der Waals surface area contributed by atoms with Crippen LogP contribution in [0.5, 0.6) is 0 Å². The molecule has 2 unspecified atom stereocenters. The van der Waals surface area contributed by atoms with Crippen molar-refractivity contribution < 1.29 is 0 Å². The molecule has 1 saturated heterocycles. The van der Waals surface area contributed by atoms with E-state index in [-0.39, 0.29) is 0 Å². The van der Waals surface area contributed by atoms with Crippen LogP contribution in [-0.2, 0) is 6.54 Å². The molecule has 1 aliphatic rings. The number of hydrogen-bond acceptors (Lipinski definition) is 4. The van der Waals surface area contributed by atoms with Gasteiger partial charge in [-0.15, -0.1) is 11.3 Å². The monoisotopic (exact) mass is 225 g/mol. The van der Waals surface area contributed by atoms with E-state index in [1.807, 2.05) is 5.51 Å². The minimum absolute atomic E-state index is 0.404. The highest BCUT2D eigenvalue weighted by molar-refractivity contribution is 7.07. The van der Waals surface area contributed by atoms with Crippen molar-refractivity contribution in [3.8, 4) is 0 Å². The molecule has 0 spiro atoms. The summed E-state index contributed by atoms with van der Waals surface area (Å²) >= 11 is 1.67. The molecule has 15 heavy (non-hydrogen) atoms. The van der Waals surface area contributed by atoms with Crippen molar-refractivity contribution in [2.24, 2.45) is 11.7 Å². The molecule has 2 N–H and O–H groups in total. The van der Waals surface area contributed by atoms with Gasteiger partial charge in [0.2, 0.25) is 0 Å². The van der Waals surface area contributed by atoms with Gasteiger partial charge in [-0.05, 0) is 12.3 Å². The Morgan fingerprint density at radius 2 is 2.53 bits per heavy atom. The number of hydrogen-bond donors (Lipinski definition) is 1. The Bertz CT molecular complexity index is 286. The Kier molecular flexibility index (Phi) is 3.72. The van der Waals surface area contributed by atoms with Gasteiger partial charge in [0.25, 0.3) is 0 Å². The Morgan fingerprint density at radius 3 is 3.20 bits per heavy atom. The second-order valence-corrected chi connectivity index (χ2v) is 5.05. The van der Waals surface area contributed by atoms with Crippen LogP contribution in [0.4, 0.5) is 0 Å². The van der Waals surface area contributed by atoms with Crippen LogP contribution in [0.2, 0.25) is 0 Å². The average molecular weight is 225 g/mol. The highest BCUT2D eigenvalue weighted by Gasteiger charge is 2.25. The molecule has 0 saturated carbocycles. The number of rotatable bonds is 3. The van der Waals surface area contributed by atoms with Gasteiger partial charge in [0.15, 0.2) is 0 Å². The van der Waals surface area contributed by atoms with Gasteiger partial charge >= 0.3 is 0 Å². The fourth-order valence-electron chi connectivity index (χ4n) is 2.25. The second-order valence-electron chi connectivity index (χ2n) is 4.34. The smallest absolute Gasteiger partial charge is 0.0795 e. The van der Waals surface area contributed by atoms with E-state index in [4.69, 9.17) is 5.73 Å². The van der Waals surface area contributed by atoms with Gasteiger partial charge in [-0.3, -0.25) is 4.90 Å². The largest absolute Gasteiger partial charge is 0.327 e. The zero-order valence-electron chi connectivity index (χ0n) is 9.22. The zero-order chi connectivity index (χ0) is 10.7. The molecule has 1 fully saturated rings. The van der Waals surface area contributed by atoms with Gasteiger partial charge in [-0.25, -0.2) is 4.98 Å². The third kappa shape index (κ3) is 2.77. The number of likely N-dealkylation sites (tertiary alicyclic amines) is 1. The molecule has 1 aliphatic heterocycles. The maximum Gasteiger partial charge on any atom is 0.0795 e. The van der Waals surface area contributed by atoms with Crippen molar-refractivity contribution in [3.05, 3.63) is 16.6 Å². The topological polar surface area (TPSA) is 42.2 Å². The number of piperidine rings is 1. The molecule has 2 heterocycles.